The number of carbonyl (C=O) groups excluding carboxylic acids is 1. The van der Waals surface area contributed by atoms with Crippen LogP contribution < -0.4 is 5.56 Å². The predicted molar refractivity (Wildman–Crippen MR) is 102 cm³/mol. The van der Waals surface area contributed by atoms with E-state index < -0.39 is 0 Å². The van der Waals surface area contributed by atoms with Gasteiger partial charge in [0.05, 0.1) is 18.2 Å². The molecular formula is C19H18N6O4. The molecule has 0 fully saturated rings. The van der Waals surface area contributed by atoms with Gasteiger partial charge in [-0.15, -0.1) is 15.3 Å². The molecule has 0 bridgehead atoms. The van der Waals surface area contributed by atoms with Gasteiger partial charge in [-0.25, -0.2) is 4.68 Å². The zero-order chi connectivity index (χ0) is 20.2. The second-order valence-electron chi connectivity index (χ2n) is 6.36. The van der Waals surface area contributed by atoms with Crippen molar-refractivity contribution in [3.8, 4) is 11.7 Å². The summed E-state index contributed by atoms with van der Waals surface area (Å²) in [6.07, 6.45) is 2.23. The second kappa shape index (κ2) is 8.05. The Balaban J connectivity index is 1.52. The molecule has 0 radical (unpaired) electrons. The Morgan fingerprint density at radius 3 is 2.79 bits per heavy atom. The lowest BCUT2D eigenvalue weighted by atomic mass is 10.2. The first-order chi connectivity index (χ1) is 14.2. The van der Waals surface area contributed by atoms with Crippen LogP contribution in [0.25, 0.3) is 22.6 Å². The van der Waals surface area contributed by atoms with E-state index in [-0.39, 0.29) is 36.3 Å². The van der Waals surface area contributed by atoms with Crippen LogP contribution in [-0.2, 0) is 17.9 Å². The average Bonchev–Trinajstić information content (AvgIpc) is 3.42. The number of furan rings is 1. The maximum atomic E-state index is 12.8. The Bertz CT molecular complexity index is 1180. The third-order valence-electron chi connectivity index (χ3n) is 4.29. The van der Waals surface area contributed by atoms with Gasteiger partial charge in [0, 0.05) is 6.54 Å². The van der Waals surface area contributed by atoms with Gasteiger partial charge >= 0.3 is 0 Å². The quantitative estimate of drug-likeness (QED) is 0.466. The van der Waals surface area contributed by atoms with E-state index in [2.05, 4.69) is 20.5 Å². The lowest BCUT2D eigenvalue weighted by Gasteiger charge is -2.20. The first-order valence-corrected chi connectivity index (χ1v) is 9.12. The van der Waals surface area contributed by atoms with Crippen molar-refractivity contribution in [3.05, 3.63) is 58.9 Å². The Morgan fingerprint density at radius 2 is 2.00 bits per heavy atom. The van der Waals surface area contributed by atoms with E-state index in [0.29, 0.717) is 23.2 Å². The Hall–Kier alpha value is -3.82. The molecule has 10 nitrogen and oxygen atoms in total. The van der Waals surface area contributed by atoms with E-state index in [4.69, 9.17) is 8.83 Å². The van der Waals surface area contributed by atoms with Gasteiger partial charge in [-0.1, -0.05) is 24.3 Å². The molecule has 0 saturated heterocycles. The number of aromatic nitrogens is 5. The number of benzene rings is 1. The van der Waals surface area contributed by atoms with Crippen molar-refractivity contribution in [2.24, 2.45) is 0 Å². The van der Waals surface area contributed by atoms with Crippen LogP contribution in [0.2, 0.25) is 0 Å². The SMILES string of the molecule is CCCN(Cc1nnc(-c2ccco2)o1)C(=O)Cn1nnc2ccccc2c1=O. The molecule has 1 amide bonds. The van der Waals surface area contributed by atoms with Crippen molar-refractivity contribution in [1.29, 1.82) is 0 Å². The van der Waals surface area contributed by atoms with Gasteiger partial charge in [0.15, 0.2) is 5.76 Å². The molecule has 0 aliphatic rings. The molecule has 0 aliphatic carbocycles. The highest BCUT2D eigenvalue weighted by Gasteiger charge is 2.20. The molecule has 148 valence electrons. The highest BCUT2D eigenvalue weighted by molar-refractivity contribution is 5.78. The normalized spacial score (nSPS) is 11.1. The van der Waals surface area contributed by atoms with Crippen LogP contribution in [0.3, 0.4) is 0 Å². The zero-order valence-corrected chi connectivity index (χ0v) is 15.7. The highest BCUT2D eigenvalue weighted by Crippen LogP contribution is 2.18. The van der Waals surface area contributed by atoms with Gasteiger partial charge in [-0.2, -0.15) is 0 Å². The molecule has 0 aliphatic heterocycles. The minimum atomic E-state index is -0.363. The van der Waals surface area contributed by atoms with Crippen LogP contribution in [0.4, 0.5) is 0 Å². The van der Waals surface area contributed by atoms with E-state index in [9.17, 15) is 9.59 Å². The second-order valence-corrected chi connectivity index (χ2v) is 6.36. The molecule has 29 heavy (non-hydrogen) atoms. The summed E-state index contributed by atoms with van der Waals surface area (Å²) in [5.41, 5.74) is 0.126. The summed E-state index contributed by atoms with van der Waals surface area (Å²) < 4.78 is 11.9. The summed E-state index contributed by atoms with van der Waals surface area (Å²) in [5.74, 6) is 0.673. The number of fused-ring (bicyclic) bond motifs is 1. The van der Waals surface area contributed by atoms with E-state index in [1.54, 1.807) is 41.3 Å². The van der Waals surface area contributed by atoms with Crippen LogP contribution in [0.15, 0.2) is 56.3 Å². The standard InChI is InChI=1S/C19H18N6O4/c1-2-9-24(11-16-21-22-18(29-16)15-8-5-10-28-15)17(26)12-25-19(27)13-6-3-4-7-14(13)20-23-25/h3-8,10H,2,9,11-12H2,1H3. The number of hydrogen-bond donors (Lipinski definition) is 0. The molecule has 0 saturated carbocycles. The molecule has 0 N–H and O–H groups in total. The van der Waals surface area contributed by atoms with Crippen molar-refractivity contribution in [1.82, 2.24) is 30.1 Å². The molecular weight excluding hydrogens is 376 g/mol. The van der Waals surface area contributed by atoms with E-state index >= 15 is 0 Å². The lowest BCUT2D eigenvalue weighted by molar-refractivity contribution is -0.133. The number of nitrogens with zero attached hydrogens (tertiary/aromatic N) is 6. The molecule has 3 aromatic heterocycles. The maximum absolute atomic E-state index is 12.8. The summed E-state index contributed by atoms with van der Waals surface area (Å²) in [4.78, 5) is 26.9. The van der Waals surface area contributed by atoms with Gasteiger partial charge in [-0.05, 0) is 30.7 Å². The van der Waals surface area contributed by atoms with Gasteiger partial charge in [0.2, 0.25) is 11.8 Å². The highest BCUT2D eigenvalue weighted by atomic mass is 16.4. The van der Waals surface area contributed by atoms with Crippen molar-refractivity contribution >= 4 is 16.8 Å². The van der Waals surface area contributed by atoms with Gasteiger partial charge < -0.3 is 13.7 Å². The maximum Gasteiger partial charge on any atom is 0.283 e. The molecule has 0 spiro atoms. The molecule has 10 heteroatoms. The number of rotatable bonds is 7. The van der Waals surface area contributed by atoms with Crippen LogP contribution in [0, 0.1) is 0 Å². The fourth-order valence-electron chi connectivity index (χ4n) is 2.90. The molecule has 1 aromatic carbocycles. The van der Waals surface area contributed by atoms with Gasteiger partial charge in [-0.3, -0.25) is 9.59 Å². The molecule has 0 atom stereocenters. The number of amides is 1. The summed E-state index contributed by atoms with van der Waals surface area (Å²) >= 11 is 0. The smallest absolute Gasteiger partial charge is 0.283 e. The fraction of sp³-hybridized carbons (Fsp3) is 0.263. The van der Waals surface area contributed by atoms with E-state index in [1.807, 2.05) is 6.92 Å². The monoisotopic (exact) mass is 394 g/mol. The third-order valence-corrected chi connectivity index (χ3v) is 4.29. The Kier molecular flexibility index (Phi) is 5.14. The van der Waals surface area contributed by atoms with Gasteiger partial charge in [0.1, 0.15) is 12.1 Å². The van der Waals surface area contributed by atoms with Crippen LogP contribution in [0.1, 0.15) is 19.2 Å². The Labute approximate surface area is 164 Å². The summed E-state index contributed by atoms with van der Waals surface area (Å²) in [5, 5.41) is 16.2. The van der Waals surface area contributed by atoms with Crippen molar-refractivity contribution in [2.75, 3.05) is 6.54 Å². The number of carbonyl (C=O) groups is 1. The van der Waals surface area contributed by atoms with Crippen LogP contribution >= 0.6 is 0 Å². The Morgan fingerprint density at radius 1 is 1.14 bits per heavy atom. The predicted octanol–water partition coefficient (Wildman–Crippen LogP) is 1.87. The van der Waals surface area contributed by atoms with Crippen LogP contribution in [0.5, 0.6) is 0 Å². The summed E-state index contributed by atoms with van der Waals surface area (Å²) in [7, 11) is 0. The molecule has 3 heterocycles. The molecule has 4 aromatic rings. The largest absolute Gasteiger partial charge is 0.459 e. The fourth-order valence-corrected chi connectivity index (χ4v) is 2.90. The third kappa shape index (κ3) is 3.91. The minimum Gasteiger partial charge on any atom is -0.459 e. The first-order valence-electron chi connectivity index (χ1n) is 9.12. The first kappa shape index (κ1) is 18.5. The van der Waals surface area contributed by atoms with E-state index in [1.165, 1.54) is 6.26 Å². The van der Waals surface area contributed by atoms with Crippen molar-refractivity contribution < 1.29 is 13.6 Å². The lowest BCUT2D eigenvalue weighted by Crippen LogP contribution is -2.38. The zero-order valence-electron chi connectivity index (χ0n) is 15.7. The van der Waals surface area contributed by atoms with Gasteiger partial charge in [0.25, 0.3) is 11.4 Å². The summed E-state index contributed by atoms with van der Waals surface area (Å²) in [6.45, 7) is 2.31. The van der Waals surface area contributed by atoms with Crippen molar-refractivity contribution in [2.45, 2.75) is 26.4 Å². The topological polar surface area (TPSA) is 120 Å². The van der Waals surface area contributed by atoms with Crippen molar-refractivity contribution in [3.63, 3.8) is 0 Å². The average molecular weight is 394 g/mol. The van der Waals surface area contributed by atoms with E-state index in [0.717, 1.165) is 11.1 Å². The summed E-state index contributed by atoms with van der Waals surface area (Å²) in [6, 6.07) is 10.3. The van der Waals surface area contributed by atoms with Crippen LogP contribution in [-0.4, -0.2) is 42.5 Å². The molecule has 0 unspecified atom stereocenters. The molecule has 4 rings (SSSR count). The number of hydrogen-bond acceptors (Lipinski definition) is 8. The minimum absolute atomic E-state index is 0.121.